The van der Waals surface area contributed by atoms with Crippen LogP contribution in [0, 0.1) is 0 Å². The zero-order valence-electron chi connectivity index (χ0n) is 13.6. The number of hydrogen-bond donors (Lipinski definition) is 2. The van der Waals surface area contributed by atoms with Gasteiger partial charge in [-0.2, -0.15) is 0 Å². The van der Waals surface area contributed by atoms with Crippen molar-refractivity contribution >= 4 is 12.0 Å². The number of hydrogen-bond acceptors (Lipinski definition) is 4. The van der Waals surface area contributed by atoms with Crippen LogP contribution in [0.15, 0.2) is 30.7 Å². The molecule has 2 aromatic heterocycles. The van der Waals surface area contributed by atoms with Crippen LogP contribution in [-0.4, -0.2) is 44.6 Å². The Morgan fingerprint density at radius 3 is 2.80 bits per heavy atom. The summed E-state index contributed by atoms with van der Waals surface area (Å²) in [6.07, 6.45) is 7.51. The van der Waals surface area contributed by atoms with E-state index in [1.807, 2.05) is 0 Å². The lowest BCUT2D eigenvalue weighted by Gasteiger charge is -2.30. The number of carbonyl (C=O) groups is 2. The van der Waals surface area contributed by atoms with Gasteiger partial charge < -0.3 is 15.3 Å². The van der Waals surface area contributed by atoms with Crippen molar-refractivity contribution in [1.82, 2.24) is 20.2 Å². The van der Waals surface area contributed by atoms with Gasteiger partial charge in [0.05, 0.1) is 11.3 Å². The quantitative estimate of drug-likeness (QED) is 0.893. The Bertz CT molecular complexity index is 834. The number of nitrogens with zero attached hydrogens (tertiary/aromatic N) is 3. The Hall–Kier alpha value is -2.96. The first-order chi connectivity index (χ1) is 12.1. The van der Waals surface area contributed by atoms with Crippen molar-refractivity contribution in [1.29, 1.82) is 0 Å². The molecule has 25 heavy (non-hydrogen) atoms. The maximum absolute atomic E-state index is 12.2. The van der Waals surface area contributed by atoms with Gasteiger partial charge >= 0.3 is 12.0 Å². The van der Waals surface area contributed by atoms with E-state index in [0.717, 1.165) is 24.0 Å². The predicted octanol–water partition coefficient (Wildman–Crippen LogP) is 2.07. The highest BCUT2D eigenvalue weighted by Gasteiger charge is 2.30. The standard InChI is InChI=1S/C18H18N4O3/c23-17(24)15-14-5-7-22(18(25)21-13-3-4-13)10-12(14)9-20-16(15)11-2-1-6-19-8-11/h1-2,6,8-9,13H,3-5,7,10H2,(H,21,25)(H,23,24). The third kappa shape index (κ3) is 3.05. The fraction of sp³-hybridized carbons (Fsp3) is 0.333. The van der Waals surface area contributed by atoms with Gasteiger partial charge in [-0.3, -0.25) is 9.97 Å². The fourth-order valence-electron chi connectivity index (χ4n) is 3.16. The molecule has 128 valence electrons. The van der Waals surface area contributed by atoms with Crippen molar-refractivity contribution in [2.75, 3.05) is 6.54 Å². The number of aromatic carboxylic acids is 1. The first kappa shape index (κ1) is 15.6. The minimum atomic E-state index is -1.00. The van der Waals surface area contributed by atoms with E-state index in [1.165, 1.54) is 0 Å². The molecule has 0 radical (unpaired) electrons. The summed E-state index contributed by atoms with van der Waals surface area (Å²) in [5, 5.41) is 12.7. The predicted molar refractivity (Wildman–Crippen MR) is 90.1 cm³/mol. The van der Waals surface area contributed by atoms with Crippen LogP contribution in [0.25, 0.3) is 11.3 Å². The van der Waals surface area contributed by atoms with E-state index in [4.69, 9.17) is 0 Å². The molecular weight excluding hydrogens is 320 g/mol. The summed E-state index contributed by atoms with van der Waals surface area (Å²) < 4.78 is 0. The molecule has 0 spiro atoms. The van der Waals surface area contributed by atoms with Gasteiger partial charge in [-0.15, -0.1) is 0 Å². The summed E-state index contributed by atoms with van der Waals surface area (Å²) in [6.45, 7) is 0.886. The van der Waals surface area contributed by atoms with E-state index < -0.39 is 5.97 Å². The maximum atomic E-state index is 12.2. The number of carboxylic acids is 1. The number of carbonyl (C=O) groups excluding carboxylic acids is 1. The topological polar surface area (TPSA) is 95.4 Å². The van der Waals surface area contributed by atoms with Gasteiger partial charge in [-0.05, 0) is 42.5 Å². The summed E-state index contributed by atoms with van der Waals surface area (Å²) in [7, 11) is 0. The normalized spacial score (nSPS) is 16.2. The number of nitrogens with one attached hydrogen (secondary N) is 1. The lowest BCUT2D eigenvalue weighted by atomic mass is 9.93. The molecule has 0 unspecified atom stereocenters. The number of pyridine rings is 2. The number of fused-ring (bicyclic) bond motifs is 1. The van der Waals surface area contributed by atoms with Crippen LogP contribution in [0.2, 0.25) is 0 Å². The van der Waals surface area contributed by atoms with E-state index in [1.54, 1.807) is 35.6 Å². The Labute approximate surface area is 144 Å². The fourth-order valence-corrected chi connectivity index (χ4v) is 3.16. The second-order valence-electron chi connectivity index (χ2n) is 6.43. The van der Waals surface area contributed by atoms with Gasteiger partial charge in [-0.25, -0.2) is 9.59 Å². The maximum Gasteiger partial charge on any atom is 0.338 e. The van der Waals surface area contributed by atoms with E-state index in [0.29, 0.717) is 36.8 Å². The van der Waals surface area contributed by atoms with Gasteiger partial charge in [0.2, 0.25) is 0 Å². The SMILES string of the molecule is O=C(O)c1c(-c2cccnc2)ncc2c1CCN(C(=O)NC1CC1)C2. The average molecular weight is 338 g/mol. The van der Waals surface area contributed by atoms with Crippen molar-refractivity contribution in [3.8, 4) is 11.3 Å². The van der Waals surface area contributed by atoms with Gasteiger partial charge in [-0.1, -0.05) is 0 Å². The number of carboxylic acid groups (broad SMARTS) is 1. The van der Waals surface area contributed by atoms with E-state index in [2.05, 4.69) is 15.3 Å². The van der Waals surface area contributed by atoms with Crippen LogP contribution >= 0.6 is 0 Å². The second-order valence-corrected chi connectivity index (χ2v) is 6.43. The number of aromatic nitrogens is 2. The summed E-state index contributed by atoms with van der Waals surface area (Å²) in [6, 6.07) is 3.77. The minimum Gasteiger partial charge on any atom is -0.478 e. The molecule has 2 aromatic rings. The molecule has 0 atom stereocenters. The molecule has 0 bridgehead atoms. The third-order valence-corrected chi connectivity index (χ3v) is 4.61. The van der Waals surface area contributed by atoms with E-state index in [-0.39, 0.29) is 11.6 Å². The zero-order chi connectivity index (χ0) is 17.4. The lowest BCUT2D eigenvalue weighted by Crippen LogP contribution is -2.44. The van der Waals surface area contributed by atoms with Crippen molar-refractivity contribution in [3.05, 3.63) is 47.4 Å². The van der Waals surface area contributed by atoms with Crippen LogP contribution in [0.5, 0.6) is 0 Å². The Kier molecular flexibility index (Phi) is 3.83. The molecule has 1 fully saturated rings. The van der Waals surface area contributed by atoms with Crippen LogP contribution < -0.4 is 5.32 Å². The number of urea groups is 1. The molecule has 3 heterocycles. The molecule has 2 N–H and O–H groups in total. The van der Waals surface area contributed by atoms with E-state index in [9.17, 15) is 14.7 Å². The van der Waals surface area contributed by atoms with Crippen molar-refractivity contribution in [2.45, 2.75) is 31.8 Å². The molecule has 4 rings (SSSR count). The van der Waals surface area contributed by atoms with Gasteiger partial charge in [0.1, 0.15) is 0 Å². The molecule has 2 amide bonds. The van der Waals surface area contributed by atoms with Crippen molar-refractivity contribution < 1.29 is 14.7 Å². The van der Waals surface area contributed by atoms with Gasteiger partial charge in [0.15, 0.2) is 0 Å². The van der Waals surface area contributed by atoms with Crippen LogP contribution in [-0.2, 0) is 13.0 Å². The summed E-state index contributed by atoms with van der Waals surface area (Å²) >= 11 is 0. The molecule has 7 nitrogen and oxygen atoms in total. The average Bonchev–Trinajstić information content (AvgIpc) is 3.44. The molecule has 7 heteroatoms. The Morgan fingerprint density at radius 1 is 1.28 bits per heavy atom. The molecule has 0 saturated heterocycles. The second kappa shape index (κ2) is 6.16. The molecular formula is C18H18N4O3. The minimum absolute atomic E-state index is 0.0821. The van der Waals surface area contributed by atoms with E-state index >= 15 is 0 Å². The van der Waals surface area contributed by atoms with Gasteiger partial charge in [0, 0.05) is 43.3 Å². The largest absolute Gasteiger partial charge is 0.478 e. The highest BCUT2D eigenvalue weighted by Crippen LogP contribution is 2.30. The monoisotopic (exact) mass is 338 g/mol. The van der Waals surface area contributed by atoms with Crippen molar-refractivity contribution in [2.24, 2.45) is 0 Å². The number of amides is 2. The Balaban J connectivity index is 1.67. The molecule has 1 aliphatic heterocycles. The lowest BCUT2D eigenvalue weighted by molar-refractivity contribution is 0.0695. The molecule has 1 aliphatic carbocycles. The highest BCUT2D eigenvalue weighted by atomic mass is 16.4. The highest BCUT2D eigenvalue weighted by molar-refractivity contribution is 5.97. The van der Waals surface area contributed by atoms with Crippen LogP contribution in [0.3, 0.4) is 0 Å². The Morgan fingerprint density at radius 2 is 2.12 bits per heavy atom. The smallest absolute Gasteiger partial charge is 0.338 e. The molecule has 1 saturated carbocycles. The first-order valence-corrected chi connectivity index (χ1v) is 8.33. The summed E-state index contributed by atoms with van der Waals surface area (Å²) in [5.41, 5.74) is 2.87. The van der Waals surface area contributed by atoms with Crippen LogP contribution in [0.1, 0.15) is 34.3 Å². The zero-order valence-corrected chi connectivity index (χ0v) is 13.6. The summed E-state index contributed by atoms with van der Waals surface area (Å²) in [4.78, 5) is 34.3. The molecule has 0 aromatic carbocycles. The summed E-state index contributed by atoms with van der Waals surface area (Å²) in [5.74, 6) is -1.00. The van der Waals surface area contributed by atoms with Crippen molar-refractivity contribution in [3.63, 3.8) is 0 Å². The third-order valence-electron chi connectivity index (χ3n) is 4.61. The first-order valence-electron chi connectivity index (χ1n) is 8.33. The molecule has 2 aliphatic rings. The van der Waals surface area contributed by atoms with Crippen LogP contribution in [0.4, 0.5) is 4.79 Å². The van der Waals surface area contributed by atoms with Gasteiger partial charge in [0.25, 0.3) is 0 Å². The number of rotatable bonds is 3.